The van der Waals surface area contributed by atoms with Crippen LogP contribution in [0, 0.1) is 28.6 Å². The SMILES string of the molecule is CC1CC(C)(C)CC1(O)C1(CN)CC2CCC1C2. The van der Waals surface area contributed by atoms with Crippen molar-refractivity contribution in [3.8, 4) is 0 Å². The standard InChI is InChI=1S/C16H29NO/c1-11-7-14(2,3)9-16(11,18)15(10-17)8-12-4-5-13(15)6-12/h11-13,18H,4-10,17H2,1-3H3. The molecule has 0 saturated heterocycles. The van der Waals surface area contributed by atoms with Crippen molar-refractivity contribution < 1.29 is 5.11 Å². The van der Waals surface area contributed by atoms with Crippen LogP contribution in [0.4, 0.5) is 0 Å². The van der Waals surface area contributed by atoms with E-state index < -0.39 is 5.60 Å². The number of hydrogen-bond acceptors (Lipinski definition) is 2. The van der Waals surface area contributed by atoms with Crippen molar-refractivity contribution in [2.75, 3.05) is 6.54 Å². The van der Waals surface area contributed by atoms with Crippen molar-refractivity contribution in [3.63, 3.8) is 0 Å². The normalized spacial score (nSPS) is 54.2. The second-order valence-electron chi connectivity index (χ2n) is 8.31. The van der Waals surface area contributed by atoms with Gasteiger partial charge >= 0.3 is 0 Å². The molecule has 5 unspecified atom stereocenters. The zero-order chi connectivity index (χ0) is 13.2. The van der Waals surface area contributed by atoms with E-state index in [4.69, 9.17) is 5.73 Å². The average Bonchev–Trinajstić information content (AvgIpc) is 2.91. The van der Waals surface area contributed by atoms with E-state index in [0.717, 1.165) is 18.8 Å². The molecule has 0 aliphatic heterocycles. The molecule has 2 heteroatoms. The molecule has 18 heavy (non-hydrogen) atoms. The molecule has 3 saturated carbocycles. The molecule has 0 aromatic rings. The average molecular weight is 251 g/mol. The highest BCUT2D eigenvalue weighted by Crippen LogP contribution is 2.66. The van der Waals surface area contributed by atoms with Crippen molar-refractivity contribution >= 4 is 0 Å². The van der Waals surface area contributed by atoms with E-state index in [1.165, 1.54) is 25.7 Å². The first kappa shape index (κ1) is 12.9. The van der Waals surface area contributed by atoms with Gasteiger partial charge in [0.25, 0.3) is 0 Å². The lowest BCUT2D eigenvalue weighted by Gasteiger charge is -2.50. The van der Waals surface area contributed by atoms with Crippen molar-refractivity contribution in [2.45, 2.75) is 64.9 Å². The van der Waals surface area contributed by atoms with Crippen LogP contribution in [0.1, 0.15) is 59.3 Å². The zero-order valence-corrected chi connectivity index (χ0v) is 12.2. The molecule has 3 N–H and O–H groups in total. The summed E-state index contributed by atoms with van der Waals surface area (Å²) in [6, 6.07) is 0. The summed E-state index contributed by atoms with van der Waals surface area (Å²) in [5.41, 5.74) is 6.01. The van der Waals surface area contributed by atoms with E-state index in [0.29, 0.717) is 18.4 Å². The predicted octanol–water partition coefficient (Wildman–Crippen LogP) is 2.94. The number of hydrogen-bond donors (Lipinski definition) is 2. The van der Waals surface area contributed by atoms with Gasteiger partial charge in [0, 0.05) is 12.0 Å². The van der Waals surface area contributed by atoms with E-state index in [1.807, 2.05) is 0 Å². The molecular formula is C16H29NO. The maximum absolute atomic E-state index is 11.5. The lowest BCUT2D eigenvalue weighted by molar-refractivity contribution is -0.133. The number of fused-ring (bicyclic) bond motifs is 2. The summed E-state index contributed by atoms with van der Waals surface area (Å²) in [6.45, 7) is 7.54. The predicted molar refractivity (Wildman–Crippen MR) is 74.1 cm³/mol. The summed E-state index contributed by atoms with van der Waals surface area (Å²) in [5.74, 6) is 1.93. The Labute approximate surface area is 111 Å². The Morgan fingerprint density at radius 1 is 1.22 bits per heavy atom. The number of rotatable bonds is 2. The van der Waals surface area contributed by atoms with Crippen molar-refractivity contribution in [1.82, 2.24) is 0 Å². The van der Waals surface area contributed by atoms with Gasteiger partial charge < -0.3 is 10.8 Å². The Morgan fingerprint density at radius 3 is 2.33 bits per heavy atom. The van der Waals surface area contributed by atoms with Crippen molar-refractivity contribution in [1.29, 1.82) is 0 Å². The maximum atomic E-state index is 11.5. The minimum atomic E-state index is -0.509. The second-order valence-corrected chi connectivity index (χ2v) is 8.31. The van der Waals surface area contributed by atoms with Crippen LogP contribution in [0.5, 0.6) is 0 Å². The van der Waals surface area contributed by atoms with Crippen LogP contribution < -0.4 is 5.73 Å². The van der Waals surface area contributed by atoms with Crippen LogP contribution in [0.2, 0.25) is 0 Å². The Morgan fingerprint density at radius 2 is 1.94 bits per heavy atom. The second kappa shape index (κ2) is 3.73. The highest BCUT2D eigenvalue weighted by molar-refractivity contribution is 5.16. The minimum Gasteiger partial charge on any atom is -0.389 e. The molecule has 0 aromatic heterocycles. The third kappa shape index (κ3) is 1.48. The minimum absolute atomic E-state index is 0.0309. The van der Waals surface area contributed by atoms with Gasteiger partial charge in [0.2, 0.25) is 0 Å². The van der Waals surface area contributed by atoms with Gasteiger partial charge in [-0.1, -0.05) is 27.2 Å². The van der Waals surface area contributed by atoms with Crippen LogP contribution in [-0.2, 0) is 0 Å². The van der Waals surface area contributed by atoms with Crippen LogP contribution in [0.25, 0.3) is 0 Å². The molecule has 0 aromatic carbocycles. The first-order valence-electron chi connectivity index (χ1n) is 7.75. The summed E-state index contributed by atoms with van der Waals surface area (Å²) in [5, 5.41) is 11.5. The van der Waals surface area contributed by atoms with E-state index in [2.05, 4.69) is 20.8 Å². The maximum Gasteiger partial charge on any atom is 0.0749 e. The molecular weight excluding hydrogens is 222 g/mol. The Hall–Kier alpha value is -0.0800. The molecule has 2 bridgehead atoms. The molecule has 3 rings (SSSR count). The molecule has 5 atom stereocenters. The van der Waals surface area contributed by atoms with E-state index in [-0.39, 0.29) is 10.8 Å². The third-order valence-electron chi connectivity index (χ3n) is 6.62. The van der Waals surface area contributed by atoms with E-state index in [9.17, 15) is 5.11 Å². The lowest BCUT2D eigenvalue weighted by atomic mass is 9.58. The fourth-order valence-electron chi connectivity index (χ4n) is 6.04. The van der Waals surface area contributed by atoms with E-state index in [1.54, 1.807) is 0 Å². The molecule has 0 heterocycles. The molecule has 0 radical (unpaired) electrons. The van der Waals surface area contributed by atoms with Crippen LogP contribution in [0.3, 0.4) is 0 Å². The first-order valence-corrected chi connectivity index (χ1v) is 7.75. The number of nitrogens with two attached hydrogens (primary N) is 1. The molecule has 3 aliphatic rings. The highest BCUT2D eigenvalue weighted by Gasteiger charge is 2.65. The largest absolute Gasteiger partial charge is 0.389 e. The van der Waals surface area contributed by atoms with Gasteiger partial charge in [-0.3, -0.25) is 0 Å². The van der Waals surface area contributed by atoms with Gasteiger partial charge in [-0.2, -0.15) is 0 Å². The van der Waals surface area contributed by atoms with Crippen LogP contribution in [0.15, 0.2) is 0 Å². The van der Waals surface area contributed by atoms with Gasteiger partial charge in [0.1, 0.15) is 0 Å². The Bertz CT molecular complexity index is 353. The fourth-order valence-corrected chi connectivity index (χ4v) is 6.04. The smallest absolute Gasteiger partial charge is 0.0749 e. The van der Waals surface area contributed by atoms with Gasteiger partial charge in [0.05, 0.1) is 5.60 Å². The van der Waals surface area contributed by atoms with E-state index >= 15 is 0 Å². The molecule has 0 spiro atoms. The third-order valence-corrected chi connectivity index (χ3v) is 6.62. The Kier molecular flexibility index (Phi) is 2.68. The lowest BCUT2D eigenvalue weighted by Crippen LogP contribution is -2.57. The monoisotopic (exact) mass is 251 g/mol. The zero-order valence-electron chi connectivity index (χ0n) is 12.2. The molecule has 2 nitrogen and oxygen atoms in total. The highest BCUT2D eigenvalue weighted by atomic mass is 16.3. The van der Waals surface area contributed by atoms with Gasteiger partial charge in [-0.15, -0.1) is 0 Å². The summed E-state index contributed by atoms with van der Waals surface area (Å²) in [6.07, 6.45) is 7.28. The molecule has 3 fully saturated rings. The fraction of sp³-hybridized carbons (Fsp3) is 1.00. The summed E-state index contributed by atoms with van der Waals surface area (Å²) in [7, 11) is 0. The number of aliphatic hydroxyl groups is 1. The quantitative estimate of drug-likeness (QED) is 0.792. The van der Waals surface area contributed by atoms with Gasteiger partial charge in [0.15, 0.2) is 0 Å². The van der Waals surface area contributed by atoms with Crippen molar-refractivity contribution in [3.05, 3.63) is 0 Å². The molecule has 104 valence electrons. The summed E-state index contributed by atoms with van der Waals surface area (Å²) < 4.78 is 0. The molecule has 3 aliphatic carbocycles. The summed E-state index contributed by atoms with van der Waals surface area (Å²) in [4.78, 5) is 0. The molecule has 0 amide bonds. The van der Waals surface area contributed by atoms with Crippen LogP contribution >= 0.6 is 0 Å². The summed E-state index contributed by atoms with van der Waals surface area (Å²) >= 11 is 0. The first-order chi connectivity index (χ1) is 8.33. The Balaban J connectivity index is 1.97. The van der Waals surface area contributed by atoms with Crippen LogP contribution in [-0.4, -0.2) is 17.3 Å². The van der Waals surface area contributed by atoms with Crippen molar-refractivity contribution in [2.24, 2.45) is 34.3 Å². The van der Waals surface area contributed by atoms with Gasteiger partial charge in [-0.25, -0.2) is 0 Å². The topological polar surface area (TPSA) is 46.2 Å². The van der Waals surface area contributed by atoms with Gasteiger partial charge in [-0.05, 0) is 55.3 Å².